The molecule has 7 nitrogen and oxygen atoms in total. The summed E-state index contributed by atoms with van der Waals surface area (Å²) in [5.74, 6) is -0.467. The van der Waals surface area contributed by atoms with Gasteiger partial charge in [-0.2, -0.15) is 0 Å². The first-order valence-corrected chi connectivity index (χ1v) is 10.6. The monoisotopic (exact) mass is 400 g/mol. The van der Waals surface area contributed by atoms with Gasteiger partial charge in [-0.1, -0.05) is 54.3 Å². The van der Waals surface area contributed by atoms with Crippen molar-refractivity contribution in [3.8, 4) is 0 Å². The van der Waals surface area contributed by atoms with Crippen LogP contribution in [0.2, 0.25) is 5.02 Å². The van der Waals surface area contributed by atoms with E-state index >= 15 is 0 Å². The third-order valence-corrected chi connectivity index (χ3v) is 6.96. The molecule has 0 unspecified atom stereocenters. The number of hydrogen-bond acceptors (Lipinski definition) is 6. The largest absolute Gasteiger partial charge is 0.296 e. The van der Waals surface area contributed by atoms with Crippen LogP contribution in [0.4, 0.5) is 5.13 Å². The number of amides is 1. The minimum absolute atomic E-state index is 0.0659. The maximum atomic E-state index is 12.4. The van der Waals surface area contributed by atoms with E-state index in [2.05, 4.69) is 20.2 Å². The second-order valence-electron chi connectivity index (χ2n) is 5.76. The zero-order chi connectivity index (χ0) is 17.9. The van der Waals surface area contributed by atoms with Crippen LogP contribution in [0.25, 0.3) is 0 Å². The van der Waals surface area contributed by atoms with E-state index in [9.17, 15) is 13.2 Å². The molecule has 0 saturated heterocycles. The van der Waals surface area contributed by atoms with Gasteiger partial charge in [-0.3, -0.25) is 10.1 Å². The molecule has 1 saturated carbocycles. The Bertz CT molecular complexity index is 863. The maximum Gasteiger partial charge on any atom is 0.270 e. The molecule has 2 aromatic rings. The molecule has 0 aliphatic heterocycles. The zero-order valence-corrected chi connectivity index (χ0v) is 15.6. The van der Waals surface area contributed by atoms with Crippen LogP contribution in [-0.2, 0) is 10.0 Å². The van der Waals surface area contributed by atoms with Crippen LogP contribution in [0, 0.1) is 0 Å². The van der Waals surface area contributed by atoms with Crippen molar-refractivity contribution in [2.24, 2.45) is 0 Å². The average Bonchev–Trinajstić information content (AvgIpc) is 3.05. The van der Waals surface area contributed by atoms with Crippen molar-refractivity contribution < 1.29 is 13.2 Å². The van der Waals surface area contributed by atoms with Gasteiger partial charge in [0.05, 0.1) is 10.6 Å². The highest BCUT2D eigenvalue weighted by molar-refractivity contribution is 7.91. The van der Waals surface area contributed by atoms with E-state index in [-0.39, 0.29) is 21.1 Å². The first-order chi connectivity index (χ1) is 12.0. The molecule has 1 aliphatic rings. The number of sulfonamides is 1. The van der Waals surface area contributed by atoms with Crippen molar-refractivity contribution in [1.82, 2.24) is 14.9 Å². The summed E-state index contributed by atoms with van der Waals surface area (Å²) in [6, 6.07) is 6.50. The maximum absolute atomic E-state index is 12.4. The van der Waals surface area contributed by atoms with Crippen LogP contribution >= 0.6 is 22.9 Å². The van der Waals surface area contributed by atoms with Crippen molar-refractivity contribution in [3.05, 3.63) is 34.9 Å². The summed E-state index contributed by atoms with van der Waals surface area (Å²) in [7, 11) is -3.73. The van der Waals surface area contributed by atoms with E-state index in [0.29, 0.717) is 5.02 Å². The summed E-state index contributed by atoms with van der Waals surface area (Å²) < 4.78 is 27.3. The van der Waals surface area contributed by atoms with Crippen molar-refractivity contribution >= 4 is 44.0 Å². The first-order valence-electron chi connectivity index (χ1n) is 7.87. The summed E-state index contributed by atoms with van der Waals surface area (Å²) >= 11 is 6.78. The number of halogens is 1. The van der Waals surface area contributed by atoms with Crippen molar-refractivity contribution in [2.75, 3.05) is 5.32 Å². The van der Waals surface area contributed by atoms with Gasteiger partial charge in [0, 0.05) is 6.04 Å². The Morgan fingerprint density at radius 3 is 2.60 bits per heavy atom. The molecular formula is C15H17ClN4O3S2. The standard InChI is InChI=1S/C15H17ClN4O3S2/c16-12-9-5-4-8-11(12)13(21)17-14-18-19-15(24-14)25(22,23)20-10-6-2-1-3-7-10/h4-5,8-10,20H,1-3,6-7H2,(H,17,18,21). The molecule has 10 heteroatoms. The molecule has 0 bridgehead atoms. The lowest BCUT2D eigenvalue weighted by atomic mass is 9.96. The number of hydrogen-bond donors (Lipinski definition) is 2. The van der Waals surface area contributed by atoms with Crippen LogP contribution in [0.1, 0.15) is 42.5 Å². The van der Waals surface area contributed by atoms with Crippen LogP contribution < -0.4 is 10.0 Å². The van der Waals surface area contributed by atoms with Crippen LogP contribution in [0.5, 0.6) is 0 Å². The summed E-state index contributed by atoms with van der Waals surface area (Å²) in [6.45, 7) is 0. The number of rotatable bonds is 5. The van der Waals surface area contributed by atoms with E-state index < -0.39 is 15.9 Å². The van der Waals surface area contributed by atoms with Crippen LogP contribution in [-0.4, -0.2) is 30.6 Å². The number of anilines is 1. The van der Waals surface area contributed by atoms with E-state index in [0.717, 1.165) is 43.4 Å². The third-order valence-electron chi connectivity index (χ3n) is 3.90. The highest BCUT2D eigenvalue weighted by Crippen LogP contribution is 2.24. The lowest BCUT2D eigenvalue weighted by Gasteiger charge is -2.21. The minimum atomic E-state index is -3.73. The lowest BCUT2D eigenvalue weighted by Crippen LogP contribution is -2.36. The molecule has 1 fully saturated rings. The fourth-order valence-corrected chi connectivity index (χ4v) is 5.11. The summed E-state index contributed by atoms with van der Waals surface area (Å²) in [6.07, 6.45) is 4.82. The Morgan fingerprint density at radius 1 is 1.16 bits per heavy atom. The number of benzene rings is 1. The van der Waals surface area contributed by atoms with Crippen molar-refractivity contribution in [3.63, 3.8) is 0 Å². The normalized spacial score (nSPS) is 15.9. The quantitative estimate of drug-likeness (QED) is 0.751. The van der Waals surface area contributed by atoms with Crippen molar-refractivity contribution in [2.45, 2.75) is 42.5 Å². The predicted octanol–water partition coefficient (Wildman–Crippen LogP) is 3.05. The van der Waals surface area contributed by atoms with Gasteiger partial charge in [0.25, 0.3) is 15.9 Å². The Balaban J connectivity index is 1.69. The van der Waals surface area contributed by atoms with Gasteiger partial charge < -0.3 is 0 Å². The smallest absolute Gasteiger partial charge is 0.270 e. The molecule has 3 rings (SSSR count). The molecule has 1 aromatic heterocycles. The number of carbonyl (C=O) groups is 1. The minimum Gasteiger partial charge on any atom is -0.296 e. The van der Waals surface area contributed by atoms with Gasteiger partial charge in [0.1, 0.15) is 0 Å². The predicted molar refractivity (Wildman–Crippen MR) is 96.5 cm³/mol. The Labute approximate surface area is 154 Å². The molecule has 0 atom stereocenters. The molecule has 1 amide bonds. The van der Waals surface area contributed by atoms with Crippen LogP contribution in [0.15, 0.2) is 28.6 Å². The Hall–Kier alpha value is -1.55. The fraction of sp³-hybridized carbons (Fsp3) is 0.400. The highest BCUT2D eigenvalue weighted by atomic mass is 35.5. The molecule has 25 heavy (non-hydrogen) atoms. The third kappa shape index (κ3) is 4.55. The molecular weight excluding hydrogens is 384 g/mol. The van der Waals surface area contributed by atoms with Gasteiger partial charge in [0.2, 0.25) is 9.47 Å². The molecule has 1 aromatic carbocycles. The number of carbonyl (C=O) groups excluding carboxylic acids is 1. The molecule has 0 radical (unpaired) electrons. The molecule has 134 valence electrons. The number of nitrogens with zero attached hydrogens (tertiary/aromatic N) is 2. The molecule has 1 heterocycles. The first kappa shape index (κ1) is 18.2. The van der Waals surface area contributed by atoms with Gasteiger partial charge >= 0.3 is 0 Å². The van der Waals surface area contributed by atoms with Gasteiger partial charge in [-0.15, -0.1) is 10.2 Å². The highest BCUT2D eigenvalue weighted by Gasteiger charge is 2.26. The fourth-order valence-electron chi connectivity index (χ4n) is 2.67. The van der Waals surface area contributed by atoms with E-state index in [1.165, 1.54) is 0 Å². The Morgan fingerprint density at radius 2 is 1.88 bits per heavy atom. The van der Waals surface area contributed by atoms with E-state index in [4.69, 9.17) is 11.6 Å². The number of nitrogens with one attached hydrogen (secondary N) is 2. The summed E-state index contributed by atoms with van der Waals surface area (Å²) in [5, 5.41) is 10.4. The van der Waals surface area contributed by atoms with Gasteiger partial charge in [-0.05, 0) is 25.0 Å². The van der Waals surface area contributed by atoms with E-state index in [1.54, 1.807) is 24.3 Å². The topological polar surface area (TPSA) is 101 Å². The average molecular weight is 401 g/mol. The summed E-state index contributed by atoms with van der Waals surface area (Å²) in [4.78, 5) is 12.2. The molecule has 0 spiro atoms. The van der Waals surface area contributed by atoms with Gasteiger partial charge in [-0.25, -0.2) is 13.1 Å². The zero-order valence-electron chi connectivity index (χ0n) is 13.2. The second-order valence-corrected chi connectivity index (χ2v) is 9.04. The Kier molecular flexibility index (Phi) is 5.67. The molecule has 2 N–H and O–H groups in total. The second kappa shape index (κ2) is 7.77. The summed E-state index contributed by atoms with van der Waals surface area (Å²) in [5.41, 5.74) is 0.282. The van der Waals surface area contributed by atoms with Crippen LogP contribution in [0.3, 0.4) is 0 Å². The van der Waals surface area contributed by atoms with E-state index in [1.807, 2.05) is 0 Å². The SMILES string of the molecule is O=C(Nc1nnc(S(=O)(=O)NC2CCCCC2)s1)c1ccccc1Cl. The van der Waals surface area contributed by atoms with Gasteiger partial charge in [0.15, 0.2) is 0 Å². The number of aromatic nitrogens is 2. The van der Waals surface area contributed by atoms with Crippen molar-refractivity contribution in [1.29, 1.82) is 0 Å². The lowest BCUT2D eigenvalue weighted by molar-refractivity contribution is 0.102. The molecule has 1 aliphatic carbocycles.